The van der Waals surface area contributed by atoms with Crippen molar-refractivity contribution in [2.75, 3.05) is 27.2 Å². The van der Waals surface area contributed by atoms with Crippen molar-refractivity contribution in [1.82, 2.24) is 14.4 Å². The third-order valence-corrected chi connectivity index (χ3v) is 4.79. The predicted octanol–water partition coefficient (Wildman–Crippen LogP) is 1.54. The van der Waals surface area contributed by atoms with Gasteiger partial charge < -0.3 is 9.47 Å². The molecule has 0 unspecified atom stereocenters. The van der Waals surface area contributed by atoms with Gasteiger partial charge in [-0.2, -0.15) is 0 Å². The van der Waals surface area contributed by atoms with Crippen molar-refractivity contribution in [1.29, 1.82) is 0 Å². The highest BCUT2D eigenvalue weighted by Crippen LogP contribution is 2.16. The SMILES string of the molecule is CN(C)C(=O)Cn1c2c(ccc1=O)CCN(Cc1ccccc1)CC2. The summed E-state index contributed by atoms with van der Waals surface area (Å²) in [6.07, 6.45) is 1.69. The molecule has 5 heteroatoms. The van der Waals surface area contributed by atoms with Crippen LogP contribution in [-0.2, 0) is 30.7 Å². The Bertz CT molecular complexity index is 796. The number of nitrogens with zero attached hydrogens (tertiary/aromatic N) is 3. The zero-order valence-corrected chi connectivity index (χ0v) is 14.9. The Labute approximate surface area is 148 Å². The molecule has 2 heterocycles. The molecule has 1 aromatic carbocycles. The topological polar surface area (TPSA) is 45.6 Å². The minimum absolute atomic E-state index is 0.0547. The Balaban J connectivity index is 1.79. The number of hydrogen-bond acceptors (Lipinski definition) is 3. The summed E-state index contributed by atoms with van der Waals surface area (Å²) in [5, 5.41) is 0. The average molecular weight is 339 g/mol. The minimum Gasteiger partial charge on any atom is -0.347 e. The number of amides is 1. The van der Waals surface area contributed by atoms with Crippen molar-refractivity contribution in [3.63, 3.8) is 0 Å². The number of pyridine rings is 1. The molecule has 1 aliphatic rings. The van der Waals surface area contributed by atoms with E-state index in [0.717, 1.165) is 38.2 Å². The Morgan fingerprint density at radius 1 is 1.04 bits per heavy atom. The largest absolute Gasteiger partial charge is 0.347 e. The fourth-order valence-corrected chi connectivity index (χ4v) is 3.29. The summed E-state index contributed by atoms with van der Waals surface area (Å²) in [6, 6.07) is 14.0. The molecule has 2 aromatic rings. The van der Waals surface area contributed by atoms with E-state index in [9.17, 15) is 9.59 Å². The number of carbonyl (C=O) groups excluding carboxylic acids is 1. The first-order valence-electron chi connectivity index (χ1n) is 8.72. The Hall–Kier alpha value is -2.40. The van der Waals surface area contributed by atoms with E-state index < -0.39 is 0 Å². The molecule has 0 spiro atoms. The van der Waals surface area contributed by atoms with E-state index in [0.29, 0.717) is 0 Å². The quantitative estimate of drug-likeness (QED) is 0.849. The van der Waals surface area contributed by atoms with E-state index >= 15 is 0 Å². The highest BCUT2D eigenvalue weighted by atomic mass is 16.2. The summed E-state index contributed by atoms with van der Waals surface area (Å²) in [4.78, 5) is 28.4. The fourth-order valence-electron chi connectivity index (χ4n) is 3.29. The molecule has 3 rings (SSSR count). The summed E-state index contributed by atoms with van der Waals surface area (Å²) in [7, 11) is 3.44. The molecule has 25 heavy (non-hydrogen) atoms. The van der Waals surface area contributed by atoms with Gasteiger partial charge >= 0.3 is 0 Å². The third kappa shape index (κ3) is 4.17. The monoisotopic (exact) mass is 339 g/mol. The lowest BCUT2D eigenvalue weighted by molar-refractivity contribution is -0.129. The fraction of sp³-hybridized carbons (Fsp3) is 0.400. The standard InChI is InChI=1S/C20H25N3O2/c1-21(2)20(25)15-23-18-11-13-22(14-16-6-4-3-5-7-16)12-10-17(18)8-9-19(23)24/h3-9H,10-15H2,1-2H3. The van der Waals surface area contributed by atoms with Crippen LogP contribution in [0.1, 0.15) is 16.8 Å². The maximum Gasteiger partial charge on any atom is 0.251 e. The lowest BCUT2D eigenvalue weighted by Crippen LogP contribution is -2.33. The van der Waals surface area contributed by atoms with Gasteiger partial charge in [-0.05, 0) is 17.5 Å². The molecule has 0 bridgehead atoms. The van der Waals surface area contributed by atoms with Gasteiger partial charge in [0, 0.05) is 51.9 Å². The second kappa shape index (κ2) is 7.66. The lowest BCUT2D eigenvalue weighted by atomic mass is 10.1. The van der Waals surface area contributed by atoms with E-state index in [1.165, 1.54) is 16.0 Å². The van der Waals surface area contributed by atoms with Gasteiger partial charge in [0.15, 0.2) is 0 Å². The molecule has 0 aliphatic carbocycles. The minimum atomic E-state index is -0.0922. The van der Waals surface area contributed by atoms with Crippen LogP contribution < -0.4 is 5.56 Å². The molecule has 1 aliphatic heterocycles. The first kappa shape index (κ1) is 17.4. The first-order valence-corrected chi connectivity index (χ1v) is 8.72. The summed E-state index contributed by atoms with van der Waals surface area (Å²) in [5.41, 5.74) is 3.40. The Kier molecular flexibility index (Phi) is 5.34. The van der Waals surface area contributed by atoms with Gasteiger partial charge in [0.2, 0.25) is 5.91 Å². The van der Waals surface area contributed by atoms with Crippen LogP contribution in [0.5, 0.6) is 0 Å². The molecule has 0 saturated carbocycles. The van der Waals surface area contributed by atoms with Crippen LogP contribution in [0.15, 0.2) is 47.3 Å². The summed E-state index contributed by atoms with van der Waals surface area (Å²) in [6.45, 7) is 2.88. The predicted molar refractivity (Wildman–Crippen MR) is 98.5 cm³/mol. The molecule has 0 N–H and O–H groups in total. The van der Waals surface area contributed by atoms with E-state index in [2.05, 4.69) is 29.2 Å². The van der Waals surface area contributed by atoms with Crippen LogP contribution in [0.2, 0.25) is 0 Å². The van der Waals surface area contributed by atoms with E-state index in [-0.39, 0.29) is 18.0 Å². The van der Waals surface area contributed by atoms with E-state index in [4.69, 9.17) is 0 Å². The summed E-state index contributed by atoms with van der Waals surface area (Å²) < 4.78 is 1.66. The molecule has 0 fully saturated rings. The van der Waals surface area contributed by atoms with Gasteiger partial charge in [-0.1, -0.05) is 36.4 Å². The van der Waals surface area contributed by atoms with Crippen molar-refractivity contribution in [2.45, 2.75) is 25.9 Å². The van der Waals surface area contributed by atoms with Crippen LogP contribution in [0.3, 0.4) is 0 Å². The summed E-state index contributed by atoms with van der Waals surface area (Å²) in [5.74, 6) is -0.0547. The maximum absolute atomic E-state index is 12.3. The van der Waals surface area contributed by atoms with Crippen molar-refractivity contribution in [2.24, 2.45) is 0 Å². The lowest BCUT2D eigenvalue weighted by Gasteiger charge is -2.20. The van der Waals surface area contributed by atoms with Crippen LogP contribution >= 0.6 is 0 Å². The molecule has 0 radical (unpaired) electrons. The third-order valence-electron chi connectivity index (χ3n) is 4.79. The second-order valence-corrected chi connectivity index (χ2v) is 6.78. The van der Waals surface area contributed by atoms with Crippen LogP contribution in [0.25, 0.3) is 0 Å². The molecule has 5 nitrogen and oxygen atoms in total. The number of likely N-dealkylation sites (N-methyl/N-ethyl adjacent to an activating group) is 1. The average Bonchev–Trinajstić information content (AvgIpc) is 2.81. The zero-order chi connectivity index (χ0) is 17.8. The second-order valence-electron chi connectivity index (χ2n) is 6.78. The first-order chi connectivity index (χ1) is 12.0. The van der Waals surface area contributed by atoms with Crippen LogP contribution in [-0.4, -0.2) is 47.5 Å². The number of benzene rings is 1. The van der Waals surface area contributed by atoms with Crippen LogP contribution in [0.4, 0.5) is 0 Å². The Morgan fingerprint density at radius 3 is 2.48 bits per heavy atom. The van der Waals surface area contributed by atoms with Gasteiger partial charge in [0.1, 0.15) is 6.54 Å². The van der Waals surface area contributed by atoms with Gasteiger partial charge in [0.25, 0.3) is 5.56 Å². The summed E-state index contributed by atoms with van der Waals surface area (Å²) >= 11 is 0. The van der Waals surface area contributed by atoms with Gasteiger partial charge in [-0.25, -0.2) is 0 Å². The molecular formula is C20H25N3O2. The molecule has 132 valence electrons. The Morgan fingerprint density at radius 2 is 1.76 bits per heavy atom. The number of hydrogen-bond donors (Lipinski definition) is 0. The van der Waals surface area contributed by atoms with Gasteiger partial charge in [0.05, 0.1) is 0 Å². The highest BCUT2D eigenvalue weighted by molar-refractivity contribution is 5.75. The van der Waals surface area contributed by atoms with Crippen LogP contribution in [0, 0.1) is 0 Å². The van der Waals surface area contributed by atoms with Gasteiger partial charge in [-0.15, -0.1) is 0 Å². The van der Waals surface area contributed by atoms with E-state index in [1.54, 1.807) is 24.7 Å². The number of rotatable bonds is 4. The number of carbonyl (C=O) groups is 1. The van der Waals surface area contributed by atoms with Crippen molar-refractivity contribution in [3.05, 3.63) is 69.6 Å². The molecule has 0 saturated heterocycles. The molecule has 1 amide bonds. The molecule has 0 atom stereocenters. The smallest absolute Gasteiger partial charge is 0.251 e. The zero-order valence-electron chi connectivity index (χ0n) is 14.9. The van der Waals surface area contributed by atoms with Crippen molar-refractivity contribution >= 4 is 5.91 Å². The van der Waals surface area contributed by atoms with Crippen molar-refractivity contribution < 1.29 is 4.79 Å². The number of aromatic nitrogens is 1. The molecular weight excluding hydrogens is 314 g/mol. The highest BCUT2D eigenvalue weighted by Gasteiger charge is 2.19. The maximum atomic E-state index is 12.3. The van der Waals surface area contributed by atoms with E-state index in [1.807, 2.05) is 12.1 Å². The van der Waals surface area contributed by atoms with Gasteiger partial charge in [-0.3, -0.25) is 14.5 Å². The number of fused-ring (bicyclic) bond motifs is 1. The normalized spacial score (nSPS) is 14.6. The molecule has 1 aromatic heterocycles. The van der Waals surface area contributed by atoms with Crippen molar-refractivity contribution in [3.8, 4) is 0 Å².